The van der Waals surface area contributed by atoms with Gasteiger partial charge in [-0.05, 0) is 44.7 Å². The van der Waals surface area contributed by atoms with Crippen LogP contribution in [-0.4, -0.2) is 48.2 Å². The molecule has 0 radical (unpaired) electrons. The lowest BCUT2D eigenvalue weighted by Crippen LogP contribution is -2.43. The molecule has 1 amide bonds. The van der Waals surface area contributed by atoms with Crippen molar-refractivity contribution >= 4 is 16.8 Å². The van der Waals surface area contributed by atoms with Crippen molar-refractivity contribution < 1.29 is 4.79 Å². The fourth-order valence-corrected chi connectivity index (χ4v) is 4.92. The Hall–Kier alpha value is -3.03. The largest absolute Gasteiger partial charge is 0.340 e. The van der Waals surface area contributed by atoms with Gasteiger partial charge in [-0.25, -0.2) is 4.98 Å². The standard InChI is InChI=1S/C23H28N6O2/c1-16-24-19-10-5-4-9-18(19)23(31)29(16)15-21(30)27-12-7-8-17(14-27)22-26-25-20-11-3-2-6-13-28(20)22/h4-5,9-10,17H,2-3,6-8,11-15H2,1H3/t17-/m1/s1. The Balaban J connectivity index is 1.36. The molecule has 2 aliphatic heterocycles. The number of aromatic nitrogens is 5. The number of aryl methyl sites for hydroxylation is 2. The fraction of sp³-hybridized carbons (Fsp3) is 0.522. The van der Waals surface area contributed by atoms with Gasteiger partial charge >= 0.3 is 0 Å². The Morgan fingerprint density at radius 3 is 2.87 bits per heavy atom. The minimum absolute atomic E-state index is 0.0210. The van der Waals surface area contributed by atoms with Crippen molar-refractivity contribution in [1.82, 2.24) is 29.2 Å². The van der Waals surface area contributed by atoms with Gasteiger partial charge in [0.15, 0.2) is 0 Å². The summed E-state index contributed by atoms with van der Waals surface area (Å²) in [6.45, 7) is 4.12. The second-order valence-corrected chi connectivity index (χ2v) is 8.68. The Labute approximate surface area is 180 Å². The molecule has 5 rings (SSSR count). The van der Waals surface area contributed by atoms with Crippen LogP contribution in [-0.2, 0) is 24.3 Å². The molecule has 1 saturated heterocycles. The minimum atomic E-state index is -0.159. The van der Waals surface area contributed by atoms with Crippen LogP contribution in [0.15, 0.2) is 29.1 Å². The molecule has 162 valence electrons. The van der Waals surface area contributed by atoms with Crippen molar-refractivity contribution in [3.8, 4) is 0 Å². The summed E-state index contributed by atoms with van der Waals surface area (Å²) in [6.07, 6.45) is 6.48. The van der Waals surface area contributed by atoms with Crippen molar-refractivity contribution in [2.75, 3.05) is 13.1 Å². The van der Waals surface area contributed by atoms with Crippen molar-refractivity contribution in [1.29, 1.82) is 0 Å². The highest BCUT2D eigenvalue weighted by Gasteiger charge is 2.29. The van der Waals surface area contributed by atoms with E-state index < -0.39 is 0 Å². The average Bonchev–Trinajstić information content (AvgIpc) is 3.04. The maximum Gasteiger partial charge on any atom is 0.261 e. The van der Waals surface area contributed by atoms with E-state index in [0.717, 1.165) is 43.9 Å². The molecule has 0 aliphatic carbocycles. The van der Waals surface area contributed by atoms with E-state index in [1.165, 1.54) is 17.4 Å². The number of carbonyl (C=O) groups is 1. The molecule has 8 heteroatoms. The molecule has 4 heterocycles. The number of amides is 1. The van der Waals surface area contributed by atoms with Gasteiger partial charge in [-0.3, -0.25) is 14.2 Å². The van der Waals surface area contributed by atoms with E-state index >= 15 is 0 Å². The topological polar surface area (TPSA) is 85.9 Å². The lowest BCUT2D eigenvalue weighted by atomic mass is 9.97. The molecule has 1 atom stereocenters. The van der Waals surface area contributed by atoms with E-state index in [0.29, 0.717) is 29.8 Å². The van der Waals surface area contributed by atoms with Crippen molar-refractivity contribution in [3.05, 3.63) is 52.1 Å². The fourth-order valence-electron chi connectivity index (χ4n) is 4.92. The number of para-hydroxylation sites is 1. The van der Waals surface area contributed by atoms with Gasteiger partial charge in [0, 0.05) is 32.0 Å². The zero-order valence-electron chi connectivity index (χ0n) is 18.0. The third kappa shape index (κ3) is 3.75. The van der Waals surface area contributed by atoms with Crippen LogP contribution < -0.4 is 5.56 Å². The van der Waals surface area contributed by atoms with Gasteiger partial charge in [0.25, 0.3) is 5.56 Å². The molecular weight excluding hydrogens is 392 g/mol. The SMILES string of the molecule is Cc1nc2ccccc2c(=O)n1CC(=O)N1CCC[C@@H](c2nnc3n2CCCCC3)C1. The molecule has 1 fully saturated rings. The van der Waals surface area contributed by atoms with E-state index in [1.54, 1.807) is 13.0 Å². The number of hydrogen-bond acceptors (Lipinski definition) is 5. The van der Waals surface area contributed by atoms with Crippen LogP contribution >= 0.6 is 0 Å². The summed E-state index contributed by atoms with van der Waals surface area (Å²) < 4.78 is 3.78. The number of piperidine rings is 1. The van der Waals surface area contributed by atoms with Crippen LogP contribution in [0.4, 0.5) is 0 Å². The first-order chi connectivity index (χ1) is 15.1. The van der Waals surface area contributed by atoms with Crippen molar-refractivity contribution in [2.24, 2.45) is 0 Å². The van der Waals surface area contributed by atoms with E-state index in [9.17, 15) is 9.59 Å². The Morgan fingerprint density at radius 2 is 1.97 bits per heavy atom. The summed E-state index contributed by atoms with van der Waals surface area (Å²) in [6, 6.07) is 7.28. The molecule has 31 heavy (non-hydrogen) atoms. The predicted octanol–water partition coefficient (Wildman–Crippen LogP) is 2.43. The van der Waals surface area contributed by atoms with Gasteiger partial charge in [0.05, 0.1) is 10.9 Å². The van der Waals surface area contributed by atoms with Crippen LogP contribution in [0.25, 0.3) is 10.9 Å². The summed E-state index contributed by atoms with van der Waals surface area (Å²) in [5.41, 5.74) is 0.507. The number of likely N-dealkylation sites (tertiary alicyclic amines) is 1. The van der Waals surface area contributed by atoms with E-state index in [2.05, 4.69) is 19.7 Å². The number of benzene rings is 1. The predicted molar refractivity (Wildman–Crippen MR) is 117 cm³/mol. The molecule has 3 aromatic rings. The molecule has 0 bridgehead atoms. The van der Waals surface area contributed by atoms with Crippen LogP contribution in [0.5, 0.6) is 0 Å². The summed E-state index contributed by atoms with van der Waals surface area (Å²) >= 11 is 0. The number of hydrogen-bond donors (Lipinski definition) is 0. The lowest BCUT2D eigenvalue weighted by molar-refractivity contribution is -0.133. The van der Waals surface area contributed by atoms with E-state index in [-0.39, 0.29) is 23.9 Å². The average molecular weight is 421 g/mol. The highest BCUT2D eigenvalue weighted by molar-refractivity contribution is 5.79. The molecule has 2 aromatic heterocycles. The number of nitrogens with zero attached hydrogens (tertiary/aromatic N) is 6. The molecule has 1 aromatic carbocycles. The van der Waals surface area contributed by atoms with Crippen LogP contribution in [0.1, 0.15) is 55.5 Å². The first-order valence-corrected chi connectivity index (χ1v) is 11.3. The van der Waals surface area contributed by atoms with Crippen LogP contribution in [0, 0.1) is 6.92 Å². The zero-order valence-corrected chi connectivity index (χ0v) is 18.0. The Morgan fingerprint density at radius 1 is 1.10 bits per heavy atom. The third-order valence-electron chi connectivity index (χ3n) is 6.62. The van der Waals surface area contributed by atoms with Gasteiger partial charge < -0.3 is 9.47 Å². The van der Waals surface area contributed by atoms with Crippen LogP contribution in [0.3, 0.4) is 0 Å². The van der Waals surface area contributed by atoms with Crippen LogP contribution in [0.2, 0.25) is 0 Å². The molecule has 0 unspecified atom stereocenters. The quantitative estimate of drug-likeness (QED) is 0.650. The first kappa shape index (κ1) is 19.9. The van der Waals surface area contributed by atoms with E-state index in [1.807, 2.05) is 23.1 Å². The maximum absolute atomic E-state index is 13.2. The second-order valence-electron chi connectivity index (χ2n) is 8.68. The highest BCUT2D eigenvalue weighted by Crippen LogP contribution is 2.28. The second kappa shape index (κ2) is 8.24. The van der Waals surface area contributed by atoms with Gasteiger partial charge in [0.1, 0.15) is 24.0 Å². The van der Waals surface area contributed by atoms with Gasteiger partial charge in [-0.2, -0.15) is 0 Å². The summed E-state index contributed by atoms with van der Waals surface area (Å²) in [7, 11) is 0. The Bertz CT molecular complexity index is 1180. The normalized spacial score (nSPS) is 19.3. The smallest absolute Gasteiger partial charge is 0.261 e. The maximum atomic E-state index is 13.2. The highest BCUT2D eigenvalue weighted by atomic mass is 16.2. The number of fused-ring (bicyclic) bond motifs is 2. The molecule has 2 aliphatic rings. The van der Waals surface area contributed by atoms with E-state index in [4.69, 9.17) is 0 Å². The monoisotopic (exact) mass is 420 g/mol. The van der Waals surface area contributed by atoms with Gasteiger partial charge in [-0.15, -0.1) is 10.2 Å². The first-order valence-electron chi connectivity index (χ1n) is 11.3. The molecule has 0 N–H and O–H groups in total. The van der Waals surface area contributed by atoms with Crippen molar-refractivity contribution in [3.63, 3.8) is 0 Å². The molecule has 0 spiro atoms. The van der Waals surface area contributed by atoms with Gasteiger partial charge in [0.2, 0.25) is 5.91 Å². The lowest BCUT2D eigenvalue weighted by Gasteiger charge is -2.32. The Kier molecular flexibility index (Phi) is 5.29. The van der Waals surface area contributed by atoms with Gasteiger partial charge in [-0.1, -0.05) is 18.6 Å². The van der Waals surface area contributed by atoms with Crippen molar-refractivity contribution in [2.45, 2.75) is 64.5 Å². The zero-order chi connectivity index (χ0) is 21.4. The number of rotatable bonds is 3. The summed E-state index contributed by atoms with van der Waals surface area (Å²) in [5.74, 6) is 2.83. The molecule has 8 nitrogen and oxygen atoms in total. The molecule has 0 saturated carbocycles. The minimum Gasteiger partial charge on any atom is -0.340 e. The molecular formula is C23H28N6O2. The number of carbonyl (C=O) groups excluding carboxylic acids is 1. The third-order valence-corrected chi connectivity index (χ3v) is 6.62. The summed E-state index contributed by atoms with van der Waals surface area (Å²) in [5, 5.41) is 9.50. The summed E-state index contributed by atoms with van der Waals surface area (Å²) in [4.78, 5) is 32.5.